The summed E-state index contributed by atoms with van der Waals surface area (Å²) in [6.07, 6.45) is 4.94. The quantitative estimate of drug-likeness (QED) is 0.657. The number of nitrogens with one attached hydrogen (secondary N) is 1. The number of amides is 1. The molecule has 0 aliphatic heterocycles. The van der Waals surface area contributed by atoms with Gasteiger partial charge in [-0.3, -0.25) is 4.79 Å². The van der Waals surface area contributed by atoms with Crippen LogP contribution in [0.2, 0.25) is 0 Å². The summed E-state index contributed by atoms with van der Waals surface area (Å²) in [7, 11) is 0. The molecule has 2 aromatic carbocycles. The fraction of sp³-hybridized carbons (Fsp3) is 0.304. The first kappa shape index (κ1) is 18.9. The van der Waals surface area contributed by atoms with E-state index in [2.05, 4.69) is 48.5 Å². The van der Waals surface area contributed by atoms with E-state index >= 15 is 0 Å². The van der Waals surface area contributed by atoms with E-state index in [1.807, 2.05) is 54.3 Å². The molecule has 0 aliphatic carbocycles. The molecule has 27 heavy (non-hydrogen) atoms. The summed E-state index contributed by atoms with van der Waals surface area (Å²) >= 11 is 0. The predicted octanol–water partition coefficient (Wildman–Crippen LogP) is 4.81. The highest BCUT2D eigenvalue weighted by atomic mass is 16.1. The molecule has 4 nitrogen and oxygen atoms in total. The molecule has 1 unspecified atom stereocenters. The molecule has 0 aliphatic rings. The Morgan fingerprint density at radius 2 is 1.67 bits per heavy atom. The third kappa shape index (κ3) is 5.07. The van der Waals surface area contributed by atoms with E-state index in [4.69, 9.17) is 0 Å². The van der Waals surface area contributed by atoms with Crippen LogP contribution in [0.5, 0.6) is 0 Å². The topological polar surface area (TPSA) is 46.9 Å². The normalized spacial score (nSPS) is 12.1. The SMILES string of the molecule is CC(C)c1ccc(C(C)NC(=O)CCc2cnn(-c3ccccc3)c2)cc1. The van der Waals surface area contributed by atoms with Gasteiger partial charge in [0.05, 0.1) is 17.9 Å². The lowest BCUT2D eigenvalue weighted by atomic mass is 9.99. The summed E-state index contributed by atoms with van der Waals surface area (Å²) in [5.74, 6) is 0.573. The van der Waals surface area contributed by atoms with Gasteiger partial charge in [0.2, 0.25) is 5.91 Å². The molecule has 1 amide bonds. The van der Waals surface area contributed by atoms with E-state index in [9.17, 15) is 4.79 Å². The average molecular weight is 361 g/mol. The summed E-state index contributed by atoms with van der Waals surface area (Å²) in [6, 6.07) is 18.5. The highest BCUT2D eigenvalue weighted by Crippen LogP contribution is 2.18. The van der Waals surface area contributed by atoms with E-state index in [1.54, 1.807) is 0 Å². The van der Waals surface area contributed by atoms with Crippen molar-refractivity contribution in [3.05, 3.63) is 83.7 Å². The van der Waals surface area contributed by atoms with Crippen LogP contribution in [0.3, 0.4) is 0 Å². The average Bonchev–Trinajstić information content (AvgIpc) is 3.16. The molecule has 0 saturated heterocycles. The first-order valence-corrected chi connectivity index (χ1v) is 9.51. The Kier molecular flexibility index (Phi) is 6.07. The summed E-state index contributed by atoms with van der Waals surface area (Å²) < 4.78 is 1.84. The zero-order valence-corrected chi connectivity index (χ0v) is 16.2. The minimum absolute atomic E-state index is 0.00533. The van der Waals surface area contributed by atoms with Gasteiger partial charge in [0.25, 0.3) is 0 Å². The second kappa shape index (κ2) is 8.67. The second-order valence-electron chi connectivity index (χ2n) is 7.24. The van der Waals surface area contributed by atoms with E-state index in [-0.39, 0.29) is 11.9 Å². The number of para-hydroxylation sites is 1. The van der Waals surface area contributed by atoms with Crippen LogP contribution in [-0.2, 0) is 11.2 Å². The van der Waals surface area contributed by atoms with Gasteiger partial charge in [-0.05, 0) is 48.1 Å². The zero-order valence-electron chi connectivity index (χ0n) is 16.2. The van der Waals surface area contributed by atoms with Gasteiger partial charge in [0.1, 0.15) is 0 Å². The molecule has 140 valence electrons. The van der Waals surface area contributed by atoms with Crippen molar-refractivity contribution in [1.29, 1.82) is 0 Å². The molecule has 1 N–H and O–H groups in total. The first-order valence-electron chi connectivity index (χ1n) is 9.51. The van der Waals surface area contributed by atoms with Gasteiger partial charge in [0, 0.05) is 12.6 Å². The second-order valence-corrected chi connectivity index (χ2v) is 7.24. The molecule has 1 aromatic heterocycles. The highest BCUT2D eigenvalue weighted by Gasteiger charge is 2.11. The molecular formula is C23H27N3O. The summed E-state index contributed by atoms with van der Waals surface area (Å²) in [5.41, 5.74) is 4.52. The number of hydrogen-bond donors (Lipinski definition) is 1. The van der Waals surface area contributed by atoms with Crippen LogP contribution in [-0.4, -0.2) is 15.7 Å². The Hall–Kier alpha value is -2.88. The molecule has 4 heteroatoms. The molecule has 0 saturated carbocycles. The molecule has 0 radical (unpaired) electrons. The molecular weight excluding hydrogens is 334 g/mol. The Morgan fingerprint density at radius 1 is 1.00 bits per heavy atom. The van der Waals surface area contributed by atoms with Gasteiger partial charge in [-0.1, -0.05) is 56.3 Å². The third-order valence-electron chi connectivity index (χ3n) is 4.78. The molecule has 0 fully saturated rings. The number of benzene rings is 2. The summed E-state index contributed by atoms with van der Waals surface area (Å²) in [4.78, 5) is 12.3. The van der Waals surface area contributed by atoms with E-state index in [1.165, 1.54) is 5.56 Å². The maximum Gasteiger partial charge on any atom is 0.220 e. The monoisotopic (exact) mass is 361 g/mol. The fourth-order valence-electron chi connectivity index (χ4n) is 3.04. The molecule has 3 rings (SSSR count). The van der Waals surface area contributed by atoms with Crippen molar-refractivity contribution in [2.45, 2.75) is 45.6 Å². The largest absolute Gasteiger partial charge is 0.350 e. The number of hydrogen-bond acceptors (Lipinski definition) is 2. The minimum atomic E-state index is 0.00533. The highest BCUT2D eigenvalue weighted by molar-refractivity contribution is 5.76. The molecule has 0 spiro atoms. The van der Waals surface area contributed by atoms with E-state index in [0.717, 1.165) is 16.8 Å². The summed E-state index contributed by atoms with van der Waals surface area (Å²) in [5, 5.41) is 7.47. The molecule has 1 atom stereocenters. The Morgan fingerprint density at radius 3 is 2.33 bits per heavy atom. The third-order valence-corrected chi connectivity index (χ3v) is 4.78. The number of aromatic nitrogens is 2. The standard InChI is InChI=1S/C23H27N3O/c1-17(2)20-10-12-21(13-11-20)18(3)25-23(27)14-9-19-15-24-26(16-19)22-7-5-4-6-8-22/h4-8,10-13,15-18H,9,14H2,1-3H3,(H,25,27). The summed E-state index contributed by atoms with van der Waals surface area (Å²) in [6.45, 7) is 6.38. The maximum absolute atomic E-state index is 12.3. The van der Waals surface area contributed by atoms with Crippen molar-refractivity contribution in [3.8, 4) is 5.69 Å². The van der Waals surface area contributed by atoms with Crippen LogP contribution < -0.4 is 5.32 Å². The van der Waals surface area contributed by atoms with Gasteiger partial charge in [-0.15, -0.1) is 0 Å². The lowest BCUT2D eigenvalue weighted by Crippen LogP contribution is -2.26. The zero-order chi connectivity index (χ0) is 19.2. The number of aryl methyl sites for hydroxylation is 1. The Bertz CT molecular complexity index is 866. The van der Waals surface area contributed by atoms with Crippen molar-refractivity contribution in [2.24, 2.45) is 0 Å². The van der Waals surface area contributed by atoms with Gasteiger partial charge < -0.3 is 5.32 Å². The first-order chi connectivity index (χ1) is 13.0. The van der Waals surface area contributed by atoms with Crippen molar-refractivity contribution < 1.29 is 4.79 Å². The van der Waals surface area contributed by atoms with Crippen LogP contribution >= 0.6 is 0 Å². The van der Waals surface area contributed by atoms with Crippen molar-refractivity contribution in [1.82, 2.24) is 15.1 Å². The fourth-order valence-corrected chi connectivity index (χ4v) is 3.04. The Labute approximate surface area is 161 Å². The van der Waals surface area contributed by atoms with E-state index in [0.29, 0.717) is 18.8 Å². The Balaban J connectivity index is 1.51. The smallest absolute Gasteiger partial charge is 0.220 e. The van der Waals surface area contributed by atoms with Crippen LogP contribution in [0.4, 0.5) is 0 Å². The van der Waals surface area contributed by atoms with Crippen LogP contribution in [0.25, 0.3) is 5.69 Å². The number of carbonyl (C=O) groups excluding carboxylic acids is 1. The van der Waals surface area contributed by atoms with Crippen molar-refractivity contribution in [3.63, 3.8) is 0 Å². The lowest BCUT2D eigenvalue weighted by Gasteiger charge is -2.15. The van der Waals surface area contributed by atoms with Gasteiger partial charge >= 0.3 is 0 Å². The molecule has 3 aromatic rings. The molecule has 0 bridgehead atoms. The number of nitrogens with zero attached hydrogens (tertiary/aromatic N) is 2. The number of rotatable bonds is 7. The van der Waals surface area contributed by atoms with Crippen LogP contribution in [0, 0.1) is 0 Å². The van der Waals surface area contributed by atoms with Crippen molar-refractivity contribution in [2.75, 3.05) is 0 Å². The lowest BCUT2D eigenvalue weighted by molar-refractivity contribution is -0.121. The van der Waals surface area contributed by atoms with Crippen LogP contribution in [0.15, 0.2) is 67.0 Å². The van der Waals surface area contributed by atoms with Gasteiger partial charge in [-0.25, -0.2) is 4.68 Å². The van der Waals surface area contributed by atoms with Crippen molar-refractivity contribution >= 4 is 5.91 Å². The maximum atomic E-state index is 12.3. The van der Waals surface area contributed by atoms with Gasteiger partial charge in [-0.2, -0.15) is 5.10 Å². The predicted molar refractivity (Wildman–Crippen MR) is 109 cm³/mol. The number of carbonyl (C=O) groups is 1. The molecule has 1 heterocycles. The van der Waals surface area contributed by atoms with E-state index < -0.39 is 0 Å². The minimum Gasteiger partial charge on any atom is -0.350 e. The van der Waals surface area contributed by atoms with Gasteiger partial charge in [0.15, 0.2) is 0 Å². The van der Waals surface area contributed by atoms with Crippen LogP contribution in [0.1, 0.15) is 55.8 Å².